The van der Waals surface area contributed by atoms with Crippen molar-refractivity contribution in [3.63, 3.8) is 0 Å². The summed E-state index contributed by atoms with van der Waals surface area (Å²) < 4.78 is 30.7. The molecule has 1 aromatic carbocycles. The first-order valence-corrected chi connectivity index (χ1v) is 10.6. The fraction of sp³-hybridized carbons (Fsp3) is 0.333. The van der Waals surface area contributed by atoms with Crippen molar-refractivity contribution >= 4 is 32.8 Å². The van der Waals surface area contributed by atoms with Crippen LogP contribution in [0.5, 0.6) is 0 Å². The lowest BCUT2D eigenvalue weighted by Crippen LogP contribution is -2.49. The Hall–Kier alpha value is -3.01. The Labute approximate surface area is 162 Å². The third kappa shape index (κ3) is 2.55. The van der Waals surface area contributed by atoms with E-state index in [9.17, 15) is 8.42 Å². The van der Waals surface area contributed by atoms with E-state index < -0.39 is 10.0 Å². The lowest BCUT2D eigenvalue weighted by molar-refractivity contribution is 0.386. The van der Waals surface area contributed by atoms with Gasteiger partial charge in [0.15, 0.2) is 22.8 Å². The predicted molar refractivity (Wildman–Crippen MR) is 105 cm³/mol. The van der Waals surface area contributed by atoms with Crippen LogP contribution in [0.4, 0.5) is 5.82 Å². The van der Waals surface area contributed by atoms with Gasteiger partial charge >= 0.3 is 0 Å². The number of imidazole rings is 1. The number of nitrogens with zero attached hydrogens (tertiary/aromatic N) is 7. The number of hydrogen-bond acceptors (Lipinski definition) is 7. The smallest absolute Gasteiger partial charge is 0.285 e. The van der Waals surface area contributed by atoms with Gasteiger partial charge in [0.1, 0.15) is 11.2 Å². The Bertz CT molecular complexity index is 1190. The van der Waals surface area contributed by atoms with Crippen LogP contribution in [0.2, 0.25) is 0 Å². The topological polar surface area (TPSA) is 96.6 Å². The van der Waals surface area contributed by atoms with E-state index in [-0.39, 0.29) is 4.90 Å². The van der Waals surface area contributed by atoms with E-state index in [4.69, 9.17) is 0 Å². The minimum atomic E-state index is -3.60. The molecule has 1 fully saturated rings. The van der Waals surface area contributed by atoms with Gasteiger partial charge in [0.25, 0.3) is 10.0 Å². The summed E-state index contributed by atoms with van der Waals surface area (Å²) in [5.74, 6) is 1.36. The Kier molecular flexibility index (Phi) is 3.83. The molecule has 2 aromatic heterocycles. The van der Waals surface area contributed by atoms with Gasteiger partial charge in [-0.2, -0.15) is 8.42 Å². The SMILES string of the molecule is CCn1cnc2c(N3CCN(C4=NS(=O)(=O)c5ccccc54)CC3)ncnc21. The van der Waals surface area contributed by atoms with Gasteiger partial charge in [-0.25, -0.2) is 15.0 Å². The monoisotopic (exact) mass is 397 g/mol. The second-order valence-electron chi connectivity index (χ2n) is 6.76. The molecular weight excluding hydrogens is 378 g/mol. The number of aryl methyl sites for hydroxylation is 1. The minimum absolute atomic E-state index is 0.287. The third-order valence-corrected chi connectivity index (χ3v) is 6.54. The van der Waals surface area contributed by atoms with Gasteiger partial charge in [-0.1, -0.05) is 12.1 Å². The highest BCUT2D eigenvalue weighted by molar-refractivity contribution is 7.90. The van der Waals surface area contributed by atoms with E-state index in [1.807, 2.05) is 21.6 Å². The van der Waals surface area contributed by atoms with Crippen molar-refractivity contribution < 1.29 is 8.42 Å². The van der Waals surface area contributed by atoms with Gasteiger partial charge < -0.3 is 14.4 Å². The average molecular weight is 397 g/mol. The number of benzene rings is 1. The number of sulfonamides is 1. The summed E-state index contributed by atoms with van der Waals surface area (Å²) in [4.78, 5) is 17.8. The van der Waals surface area contributed by atoms with Crippen LogP contribution in [-0.2, 0) is 16.6 Å². The van der Waals surface area contributed by atoms with Crippen molar-refractivity contribution in [1.82, 2.24) is 24.4 Å². The molecule has 28 heavy (non-hydrogen) atoms. The molecule has 0 bridgehead atoms. The van der Waals surface area contributed by atoms with E-state index in [0.717, 1.165) is 23.5 Å². The summed E-state index contributed by atoms with van der Waals surface area (Å²) in [5, 5.41) is 0. The molecule has 4 heterocycles. The van der Waals surface area contributed by atoms with Crippen LogP contribution in [0.1, 0.15) is 12.5 Å². The van der Waals surface area contributed by atoms with Crippen LogP contribution in [0.3, 0.4) is 0 Å². The molecule has 0 unspecified atom stereocenters. The van der Waals surface area contributed by atoms with Crippen LogP contribution in [-0.4, -0.2) is 64.9 Å². The van der Waals surface area contributed by atoms with Crippen molar-refractivity contribution in [3.05, 3.63) is 42.5 Å². The van der Waals surface area contributed by atoms with Gasteiger partial charge in [0.05, 0.1) is 6.33 Å². The number of anilines is 1. The van der Waals surface area contributed by atoms with Gasteiger partial charge in [-0.05, 0) is 19.1 Å². The first kappa shape index (κ1) is 17.1. The zero-order valence-electron chi connectivity index (χ0n) is 15.4. The largest absolute Gasteiger partial charge is 0.352 e. The molecule has 0 radical (unpaired) electrons. The fourth-order valence-electron chi connectivity index (χ4n) is 3.78. The van der Waals surface area contributed by atoms with Crippen molar-refractivity contribution in [1.29, 1.82) is 0 Å². The van der Waals surface area contributed by atoms with Crippen molar-refractivity contribution in [2.75, 3.05) is 31.1 Å². The van der Waals surface area contributed by atoms with E-state index >= 15 is 0 Å². The first-order chi connectivity index (χ1) is 13.6. The molecule has 0 aliphatic carbocycles. The van der Waals surface area contributed by atoms with Crippen LogP contribution in [0.15, 0.2) is 46.2 Å². The van der Waals surface area contributed by atoms with E-state index in [2.05, 4.69) is 31.2 Å². The molecule has 144 valence electrons. The summed E-state index contributed by atoms with van der Waals surface area (Å²) in [6.45, 7) is 5.56. The second-order valence-corrected chi connectivity index (χ2v) is 8.33. The molecule has 0 saturated carbocycles. The summed E-state index contributed by atoms with van der Waals surface area (Å²) >= 11 is 0. The summed E-state index contributed by atoms with van der Waals surface area (Å²) in [6, 6.07) is 6.99. The second kappa shape index (κ2) is 6.26. The Morgan fingerprint density at radius 3 is 2.54 bits per heavy atom. The molecule has 1 saturated heterocycles. The molecule has 0 spiro atoms. The number of piperazine rings is 1. The number of rotatable bonds is 2. The summed E-state index contributed by atoms with van der Waals surface area (Å²) in [6.07, 6.45) is 3.36. The van der Waals surface area contributed by atoms with Crippen molar-refractivity contribution in [2.45, 2.75) is 18.4 Å². The number of aromatic nitrogens is 4. The third-order valence-electron chi connectivity index (χ3n) is 5.21. The molecule has 10 heteroatoms. The lowest BCUT2D eigenvalue weighted by atomic mass is 10.1. The Morgan fingerprint density at radius 2 is 1.75 bits per heavy atom. The summed E-state index contributed by atoms with van der Waals surface area (Å²) in [7, 11) is -3.60. The Balaban J connectivity index is 1.40. The van der Waals surface area contributed by atoms with Gasteiger partial charge in [-0.3, -0.25) is 0 Å². The van der Waals surface area contributed by atoms with E-state index in [1.54, 1.807) is 24.8 Å². The molecule has 9 nitrogen and oxygen atoms in total. The molecule has 2 aliphatic rings. The standard InChI is InChI=1S/C18H19N7O2S/c1-2-23-12-21-15-17(23)19-11-20-18(15)25-9-7-24(8-10-25)16-13-5-3-4-6-14(13)28(26,27)22-16/h3-6,11-12H,2,7-10H2,1H3. The van der Waals surface area contributed by atoms with Crippen LogP contribution < -0.4 is 4.90 Å². The maximum absolute atomic E-state index is 12.3. The molecule has 0 atom stereocenters. The molecular formula is C18H19N7O2S. The maximum Gasteiger partial charge on any atom is 0.285 e. The highest BCUT2D eigenvalue weighted by Crippen LogP contribution is 2.29. The molecule has 0 amide bonds. The predicted octanol–water partition coefficient (Wildman–Crippen LogP) is 1.12. The molecule has 3 aromatic rings. The summed E-state index contributed by atoms with van der Waals surface area (Å²) in [5.41, 5.74) is 2.31. The fourth-order valence-corrected chi connectivity index (χ4v) is 5.01. The Morgan fingerprint density at radius 1 is 1.00 bits per heavy atom. The van der Waals surface area contributed by atoms with E-state index in [1.165, 1.54) is 0 Å². The van der Waals surface area contributed by atoms with Gasteiger partial charge in [0, 0.05) is 38.3 Å². The van der Waals surface area contributed by atoms with Crippen LogP contribution in [0, 0.1) is 0 Å². The van der Waals surface area contributed by atoms with Gasteiger partial charge in [-0.15, -0.1) is 4.40 Å². The minimum Gasteiger partial charge on any atom is -0.352 e. The van der Waals surface area contributed by atoms with Gasteiger partial charge in [0.2, 0.25) is 0 Å². The van der Waals surface area contributed by atoms with Crippen molar-refractivity contribution in [3.8, 4) is 0 Å². The first-order valence-electron chi connectivity index (χ1n) is 9.18. The highest BCUT2D eigenvalue weighted by Gasteiger charge is 2.33. The maximum atomic E-state index is 12.3. The molecule has 2 aliphatic heterocycles. The quantitative estimate of drug-likeness (QED) is 0.639. The zero-order valence-corrected chi connectivity index (χ0v) is 16.2. The lowest BCUT2D eigenvalue weighted by Gasteiger charge is -2.36. The zero-order chi connectivity index (χ0) is 19.3. The van der Waals surface area contributed by atoms with E-state index in [0.29, 0.717) is 37.6 Å². The highest BCUT2D eigenvalue weighted by atomic mass is 32.2. The number of amidine groups is 1. The number of hydrogen-bond donors (Lipinski definition) is 0. The normalized spacial score (nSPS) is 18.4. The average Bonchev–Trinajstić information content (AvgIpc) is 3.27. The van der Waals surface area contributed by atoms with Crippen molar-refractivity contribution in [2.24, 2.45) is 4.40 Å². The van der Waals surface area contributed by atoms with Crippen LogP contribution >= 0.6 is 0 Å². The molecule has 5 rings (SSSR count). The molecule has 0 N–H and O–H groups in total. The van der Waals surface area contributed by atoms with Crippen LogP contribution in [0.25, 0.3) is 11.2 Å². The number of fused-ring (bicyclic) bond motifs is 2.